The second-order valence-electron chi connectivity index (χ2n) is 8.79. The van der Waals surface area contributed by atoms with E-state index >= 15 is 0 Å². The van der Waals surface area contributed by atoms with Crippen LogP contribution in [0.1, 0.15) is 35.8 Å². The number of amides is 1. The first-order valence-electron chi connectivity index (χ1n) is 12.0. The summed E-state index contributed by atoms with van der Waals surface area (Å²) < 4.78 is 8.82. The number of fused-ring (bicyclic) bond motifs is 3. The summed E-state index contributed by atoms with van der Waals surface area (Å²) >= 11 is 9.93. The third kappa shape index (κ3) is 5.53. The van der Waals surface area contributed by atoms with Gasteiger partial charge in [-0.15, -0.1) is 11.3 Å². The average molecular weight is 663 g/mol. The standard InChI is InChI=1S/C27H25Br2N3O3S2/c1-3-35-17-10-8-16(9-11-17)32-26(34)23-18-6-4-5-7-21(18)37-25(23)31-27(32)36-14-22(33)30-24-19(28)12-15(2)13-20(24)29/h8-13H,3-7,14H2,1-2H3,(H,30,33). The van der Waals surface area contributed by atoms with E-state index in [4.69, 9.17) is 9.72 Å². The lowest BCUT2D eigenvalue weighted by atomic mass is 9.97. The molecule has 6 nitrogen and oxygen atoms in total. The molecule has 0 unspecified atom stereocenters. The van der Waals surface area contributed by atoms with Crippen LogP contribution in [-0.4, -0.2) is 27.8 Å². The smallest absolute Gasteiger partial charge is 0.267 e. The molecule has 10 heteroatoms. The van der Waals surface area contributed by atoms with Crippen LogP contribution in [0.2, 0.25) is 0 Å². The predicted molar refractivity (Wildman–Crippen MR) is 159 cm³/mol. The van der Waals surface area contributed by atoms with Crippen molar-refractivity contribution in [1.29, 1.82) is 0 Å². The van der Waals surface area contributed by atoms with Crippen LogP contribution in [0, 0.1) is 6.92 Å². The Morgan fingerprint density at radius 1 is 1.16 bits per heavy atom. The predicted octanol–water partition coefficient (Wildman–Crippen LogP) is 7.29. The van der Waals surface area contributed by atoms with Gasteiger partial charge in [-0.1, -0.05) is 11.8 Å². The molecule has 1 amide bonds. The fourth-order valence-corrected chi connectivity index (χ4v) is 8.22. The van der Waals surface area contributed by atoms with Crippen molar-refractivity contribution in [3.8, 4) is 11.4 Å². The van der Waals surface area contributed by atoms with Crippen LogP contribution in [0.4, 0.5) is 5.69 Å². The molecule has 0 saturated heterocycles. The first-order valence-corrected chi connectivity index (χ1v) is 15.4. The van der Waals surface area contributed by atoms with Crippen LogP contribution < -0.4 is 15.6 Å². The van der Waals surface area contributed by atoms with E-state index in [9.17, 15) is 9.59 Å². The number of halogens is 2. The number of aromatic nitrogens is 2. The van der Waals surface area contributed by atoms with Crippen LogP contribution in [-0.2, 0) is 17.6 Å². The summed E-state index contributed by atoms with van der Waals surface area (Å²) in [5.74, 6) is 0.657. The van der Waals surface area contributed by atoms with E-state index in [1.54, 1.807) is 15.9 Å². The minimum absolute atomic E-state index is 0.0829. The zero-order chi connectivity index (χ0) is 26.1. The number of thiophene rings is 1. The second kappa shape index (κ2) is 11.3. The first kappa shape index (κ1) is 26.5. The van der Waals surface area contributed by atoms with Gasteiger partial charge in [-0.25, -0.2) is 4.98 Å². The highest BCUT2D eigenvalue weighted by Crippen LogP contribution is 2.36. The Kier molecular flexibility index (Phi) is 8.09. The molecule has 0 spiro atoms. The fourth-order valence-electron chi connectivity index (χ4n) is 4.49. The minimum Gasteiger partial charge on any atom is -0.494 e. The van der Waals surface area contributed by atoms with Crippen molar-refractivity contribution in [2.45, 2.75) is 44.7 Å². The number of thioether (sulfide) groups is 1. The summed E-state index contributed by atoms with van der Waals surface area (Å²) in [6, 6.07) is 11.3. The molecule has 2 aromatic carbocycles. The highest BCUT2D eigenvalue weighted by molar-refractivity contribution is 9.11. The number of nitrogens with zero attached hydrogens (tertiary/aromatic N) is 2. The van der Waals surface area contributed by atoms with E-state index < -0.39 is 0 Å². The maximum Gasteiger partial charge on any atom is 0.267 e. The Labute approximate surface area is 240 Å². The minimum atomic E-state index is -0.187. The van der Waals surface area contributed by atoms with Gasteiger partial charge in [0.25, 0.3) is 5.56 Å². The van der Waals surface area contributed by atoms with Gasteiger partial charge in [0.15, 0.2) is 5.16 Å². The molecule has 5 rings (SSSR count). The summed E-state index contributed by atoms with van der Waals surface area (Å²) in [4.78, 5) is 33.8. The SMILES string of the molecule is CCOc1ccc(-n2c(SCC(=O)Nc3c(Br)cc(C)cc3Br)nc3sc4c(c3c2=O)CCCC4)cc1. The molecule has 37 heavy (non-hydrogen) atoms. The first-order chi connectivity index (χ1) is 17.9. The van der Waals surface area contributed by atoms with Gasteiger partial charge in [-0.2, -0.15) is 0 Å². The number of carbonyl (C=O) groups excluding carboxylic acids is 1. The Morgan fingerprint density at radius 3 is 2.57 bits per heavy atom. The fraction of sp³-hybridized carbons (Fsp3) is 0.296. The normalized spacial score (nSPS) is 13.0. The van der Waals surface area contributed by atoms with E-state index in [1.165, 1.54) is 16.6 Å². The summed E-state index contributed by atoms with van der Waals surface area (Å²) in [6.07, 6.45) is 4.12. The Balaban J connectivity index is 1.51. The largest absolute Gasteiger partial charge is 0.494 e. The number of anilines is 1. The zero-order valence-electron chi connectivity index (χ0n) is 20.4. The van der Waals surface area contributed by atoms with Gasteiger partial charge < -0.3 is 10.1 Å². The van der Waals surface area contributed by atoms with E-state index in [1.807, 2.05) is 50.2 Å². The molecule has 1 aliphatic rings. The molecule has 0 fully saturated rings. The third-order valence-corrected chi connectivity index (χ3v) is 9.52. The Hall–Kier alpha value is -2.14. The van der Waals surface area contributed by atoms with Crippen molar-refractivity contribution in [3.05, 3.63) is 71.7 Å². The number of rotatable bonds is 7. The molecule has 0 saturated carbocycles. The van der Waals surface area contributed by atoms with Crippen LogP contribution in [0.15, 0.2) is 55.3 Å². The number of aryl methyl sites for hydroxylation is 3. The third-order valence-electron chi connectivity index (χ3n) is 6.15. The molecule has 1 N–H and O–H groups in total. The number of hydrogen-bond donors (Lipinski definition) is 1. The number of ether oxygens (including phenoxy) is 1. The van der Waals surface area contributed by atoms with Crippen molar-refractivity contribution in [2.75, 3.05) is 17.7 Å². The molecule has 0 radical (unpaired) electrons. The number of benzene rings is 2. The Morgan fingerprint density at radius 2 is 1.86 bits per heavy atom. The molecular weight excluding hydrogens is 638 g/mol. The summed E-state index contributed by atoms with van der Waals surface area (Å²) in [6.45, 7) is 4.49. The van der Waals surface area contributed by atoms with Crippen molar-refractivity contribution in [2.24, 2.45) is 0 Å². The maximum atomic E-state index is 13.9. The van der Waals surface area contributed by atoms with Gasteiger partial charge >= 0.3 is 0 Å². The summed E-state index contributed by atoms with van der Waals surface area (Å²) in [5.41, 5.74) is 3.51. The highest BCUT2D eigenvalue weighted by atomic mass is 79.9. The average Bonchev–Trinajstić information content (AvgIpc) is 3.24. The molecule has 192 valence electrons. The van der Waals surface area contributed by atoms with Crippen LogP contribution in [0.25, 0.3) is 15.9 Å². The van der Waals surface area contributed by atoms with Crippen molar-refractivity contribution in [1.82, 2.24) is 9.55 Å². The van der Waals surface area contributed by atoms with E-state index in [-0.39, 0.29) is 17.2 Å². The lowest BCUT2D eigenvalue weighted by Crippen LogP contribution is -2.23. The van der Waals surface area contributed by atoms with Crippen LogP contribution in [0.3, 0.4) is 0 Å². The molecule has 0 bridgehead atoms. The van der Waals surface area contributed by atoms with Crippen LogP contribution in [0.5, 0.6) is 5.75 Å². The van der Waals surface area contributed by atoms with Crippen LogP contribution >= 0.6 is 55.0 Å². The second-order valence-corrected chi connectivity index (χ2v) is 12.5. The van der Waals surface area contributed by atoms with E-state index in [0.717, 1.165) is 61.7 Å². The number of hydrogen-bond acceptors (Lipinski definition) is 6. The topological polar surface area (TPSA) is 73.2 Å². The van der Waals surface area contributed by atoms with Crippen molar-refractivity contribution < 1.29 is 9.53 Å². The highest BCUT2D eigenvalue weighted by Gasteiger charge is 2.23. The van der Waals surface area contributed by atoms with E-state index in [0.29, 0.717) is 23.1 Å². The van der Waals surface area contributed by atoms with Gasteiger partial charge in [-0.05, 0) is 119 Å². The number of carbonyl (C=O) groups is 1. The molecule has 2 heterocycles. The lowest BCUT2D eigenvalue weighted by Gasteiger charge is -2.14. The molecule has 4 aromatic rings. The quantitative estimate of drug-likeness (QED) is 0.166. The molecule has 0 atom stereocenters. The lowest BCUT2D eigenvalue weighted by molar-refractivity contribution is -0.113. The summed E-state index contributed by atoms with van der Waals surface area (Å²) in [7, 11) is 0. The zero-order valence-corrected chi connectivity index (χ0v) is 25.2. The van der Waals surface area contributed by atoms with Gasteiger partial charge in [0, 0.05) is 13.8 Å². The summed E-state index contributed by atoms with van der Waals surface area (Å²) in [5, 5.41) is 4.18. The van der Waals surface area contributed by atoms with Gasteiger partial charge in [0.1, 0.15) is 10.6 Å². The van der Waals surface area contributed by atoms with Gasteiger partial charge in [0.2, 0.25) is 5.91 Å². The molecular formula is C27H25Br2N3O3S2. The molecule has 1 aliphatic carbocycles. The molecule has 2 aromatic heterocycles. The Bertz CT molecular complexity index is 1520. The van der Waals surface area contributed by atoms with E-state index in [2.05, 4.69) is 37.2 Å². The van der Waals surface area contributed by atoms with Gasteiger partial charge in [0.05, 0.1) is 29.1 Å². The van der Waals surface area contributed by atoms with Crippen molar-refractivity contribution in [3.63, 3.8) is 0 Å². The number of nitrogens with one attached hydrogen (secondary N) is 1. The van der Waals surface area contributed by atoms with Crippen molar-refractivity contribution >= 4 is 76.8 Å². The van der Waals surface area contributed by atoms with Gasteiger partial charge in [-0.3, -0.25) is 14.2 Å². The molecule has 0 aliphatic heterocycles. The maximum absolute atomic E-state index is 13.9. The monoisotopic (exact) mass is 661 g/mol.